The largest absolute Gasteiger partial charge is 0.493 e. The Morgan fingerprint density at radius 1 is 1.03 bits per heavy atom. The molecule has 3 N–H and O–H groups in total. The highest BCUT2D eigenvalue weighted by atomic mass is 32.2. The summed E-state index contributed by atoms with van der Waals surface area (Å²) in [5.41, 5.74) is 1.75. The molecule has 0 radical (unpaired) electrons. The molecule has 34 heavy (non-hydrogen) atoms. The summed E-state index contributed by atoms with van der Waals surface area (Å²) in [6.07, 6.45) is 0. The van der Waals surface area contributed by atoms with Crippen molar-refractivity contribution in [1.82, 2.24) is 20.6 Å². The summed E-state index contributed by atoms with van der Waals surface area (Å²) in [6.45, 7) is -0.516. The first-order chi connectivity index (χ1) is 16.5. The van der Waals surface area contributed by atoms with Crippen LogP contribution in [-0.4, -0.2) is 51.3 Å². The van der Waals surface area contributed by atoms with Crippen LogP contribution in [-0.2, 0) is 4.79 Å². The number of carbonyl (C=O) groups is 2. The van der Waals surface area contributed by atoms with Gasteiger partial charge in [-0.1, -0.05) is 36.0 Å². The van der Waals surface area contributed by atoms with E-state index in [0.717, 1.165) is 15.4 Å². The number of hydrogen-bond donors (Lipinski definition) is 3. The van der Waals surface area contributed by atoms with Crippen LogP contribution >= 0.6 is 11.8 Å². The molecule has 4 aromatic rings. The molecule has 0 aliphatic carbocycles. The van der Waals surface area contributed by atoms with Crippen molar-refractivity contribution in [1.29, 1.82) is 0 Å². The average molecular weight is 478 g/mol. The number of aliphatic carboxylic acids is 1. The van der Waals surface area contributed by atoms with Crippen molar-refractivity contribution < 1.29 is 24.2 Å². The molecule has 0 unspecified atom stereocenters. The van der Waals surface area contributed by atoms with Crippen molar-refractivity contribution in [3.63, 3.8) is 0 Å². The molecule has 1 amide bonds. The topological polar surface area (TPSA) is 139 Å². The number of carboxylic acid groups (broad SMARTS) is 1. The van der Waals surface area contributed by atoms with Crippen LogP contribution < -0.4 is 14.8 Å². The van der Waals surface area contributed by atoms with E-state index in [2.05, 4.69) is 25.9 Å². The average Bonchev–Trinajstić information content (AvgIpc) is 3.39. The molecule has 0 fully saturated rings. The summed E-state index contributed by atoms with van der Waals surface area (Å²) >= 11 is 1.46. The highest BCUT2D eigenvalue weighted by molar-refractivity contribution is 7.99. The van der Waals surface area contributed by atoms with Crippen LogP contribution in [0, 0.1) is 0 Å². The Balaban J connectivity index is 1.55. The van der Waals surface area contributed by atoms with E-state index in [1.807, 2.05) is 42.5 Å². The fourth-order valence-electron chi connectivity index (χ4n) is 3.06. The number of benzene rings is 3. The summed E-state index contributed by atoms with van der Waals surface area (Å²) in [5, 5.41) is 25.9. The van der Waals surface area contributed by atoms with Gasteiger partial charge in [-0.25, -0.2) is 4.79 Å². The molecule has 0 aliphatic rings. The molecule has 172 valence electrons. The summed E-state index contributed by atoms with van der Waals surface area (Å²) < 4.78 is 10.4. The lowest BCUT2D eigenvalue weighted by atomic mass is 10.2. The van der Waals surface area contributed by atoms with Crippen LogP contribution in [0.25, 0.3) is 11.4 Å². The SMILES string of the molecule is COc1cc(C(=O)Nc2ccccc2Sc2ccccc2-c2nn[nH]n2)ccc1OCC(=O)O. The van der Waals surface area contributed by atoms with Crippen molar-refractivity contribution in [2.75, 3.05) is 19.0 Å². The third-order valence-corrected chi connectivity index (χ3v) is 5.76. The molecule has 3 aromatic carbocycles. The number of ether oxygens (including phenoxy) is 2. The van der Waals surface area contributed by atoms with Gasteiger partial charge in [0.1, 0.15) is 0 Å². The number of nitrogens with one attached hydrogen (secondary N) is 2. The van der Waals surface area contributed by atoms with E-state index in [4.69, 9.17) is 14.6 Å². The molecule has 0 saturated heterocycles. The molecule has 11 heteroatoms. The Labute approximate surface area is 198 Å². The number of rotatable bonds is 9. The van der Waals surface area contributed by atoms with Crippen molar-refractivity contribution in [2.45, 2.75) is 9.79 Å². The number of aromatic amines is 1. The first-order valence-corrected chi connectivity index (χ1v) is 10.8. The standard InChI is InChI=1S/C23H19N5O5S/c1-32-18-12-14(10-11-17(18)33-13-21(29)30)23(31)24-16-7-3-5-9-20(16)34-19-8-4-2-6-15(19)22-25-27-28-26-22/h2-12H,13H2,1H3,(H,24,31)(H,29,30)(H,25,26,27,28). The maximum Gasteiger partial charge on any atom is 0.341 e. The summed E-state index contributed by atoms with van der Waals surface area (Å²) in [4.78, 5) is 25.4. The van der Waals surface area contributed by atoms with Gasteiger partial charge in [0, 0.05) is 20.9 Å². The maximum absolute atomic E-state index is 13.0. The number of nitrogens with zero attached hydrogens (tertiary/aromatic N) is 3. The van der Waals surface area contributed by atoms with Gasteiger partial charge in [0.25, 0.3) is 5.91 Å². The third kappa shape index (κ3) is 5.33. The lowest BCUT2D eigenvalue weighted by molar-refractivity contribution is -0.139. The van der Waals surface area contributed by atoms with E-state index in [-0.39, 0.29) is 17.4 Å². The minimum absolute atomic E-state index is 0.232. The number of anilines is 1. The number of carboxylic acids is 1. The first-order valence-electron chi connectivity index (χ1n) is 9.99. The van der Waals surface area contributed by atoms with Crippen LogP contribution in [0.5, 0.6) is 11.5 Å². The van der Waals surface area contributed by atoms with Gasteiger partial charge in [-0.15, -0.1) is 10.2 Å². The molecule has 0 spiro atoms. The van der Waals surface area contributed by atoms with Crippen LogP contribution in [0.2, 0.25) is 0 Å². The molecule has 10 nitrogen and oxygen atoms in total. The fourth-order valence-corrected chi connectivity index (χ4v) is 4.08. The van der Waals surface area contributed by atoms with E-state index in [9.17, 15) is 9.59 Å². The van der Waals surface area contributed by atoms with Gasteiger partial charge in [0.2, 0.25) is 5.82 Å². The van der Waals surface area contributed by atoms with Crippen LogP contribution in [0.1, 0.15) is 10.4 Å². The highest BCUT2D eigenvalue weighted by Crippen LogP contribution is 2.38. The summed E-state index contributed by atoms with van der Waals surface area (Å²) in [6, 6.07) is 19.6. The minimum atomic E-state index is -1.11. The normalized spacial score (nSPS) is 10.5. The lowest BCUT2D eigenvalue weighted by Gasteiger charge is -2.14. The molecule has 0 atom stereocenters. The van der Waals surface area contributed by atoms with E-state index >= 15 is 0 Å². The monoisotopic (exact) mass is 477 g/mol. The Morgan fingerprint density at radius 3 is 2.53 bits per heavy atom. The lowest BCUT2D eigenvalue weighted by Crippen LogP contribution is -2.13. The van der Waals surface area contributed by atoms with Crippen molar-refractivity contribution >= 4 is 29.3 Å². The van der Waals surface area contributed by atoms with Crippen LogP contribution in [0.15, 0.2) is 76.5 Å². The Kier molecular flexibility index (Phi) is 7.04. The predicted octanol–water partition coefficient (Wildman–Crippen LogP) is 3.74. The van der Waals surface area contributed by atoms with E-state index in [1.165, 1.54) is 37.1 Å². The number of aromatic nitrogens is 4. The van der Waals surface area contributed by atoms with E-state index < -0.39 is 12.6 Å². The van der Waals surface area contributed by atoms with Gasteiger partial charge in [-0.05, 0) is 47.7 Å². The Bertz CT molecular complexity index is 1310. The fraction of sp³-hybridized carbons (Fsp3) is 0.0870. The summed E-state index contributed by atoms with van der Waals surface area (Å²) in [7, 11) is 1.41. The number of amides is 1. The second-order valence-electron chi connectivity index (χ2n) is 6.83. The second kappa shape index (κ2) is 10.5. The van der Waals surface area contributed by atoms with Gasteiger partial charge in [-0.3, -0.25) is 4.79 Å². The number of para-hydroxylation sites is 1. The maximum atomic E-state index is 13.0. The number of carbonyl (C=O) groups excluding carboxylic acids is 1. The van der Waals surface area contributed by atoms with Gasteiger partial charge in [-0.2, -0.15) is 5.21 Å². The molecule has 0 bridgehead atoms. The van der Waals surface area contributed by atoms with Gasteiger partial charge >= 0.3 is 5.97 Å². The van der Waals surface area contributed by atoms with Gasteiger partial charge in [0.15, 0.2) is 18.1 Å². The van der Waals surface area contributed by atoms with Gasteiger partial charge in [0.05, 0.1) is 12.8 Å². The zero-order valence-corrected chi connectivity index (χ0v) is 18.7. The number of hydrogen-bond acceptors (Lipinski definition) is 8. The molecule has 4 rings (SSSR count). The number of methoxy groups -OCH3 is 1. The molecular formula is C23H19N5O5S. The quantitative estimate of drug-likeness (QED) is 0.329. The van der Waals surface area contributed by atoms with Crippen molar-refractivity contribution in [3.05, 3.63) is 72.3 Å². The Morgan fingerprint density at radius 2 is 1.79 bits per heavy atom. The third-order valence-electron chi connectivity index (χ3n) is 4.61. The predicted molar refractivity (Wildman–Crippen MR) is 124 cm³/mol. The summed E-state index contributed by atoms with van der Waals surface area (Å²) in [5.74, 6) is -0.510. The first kappa shape index (κ1) is 22.8. The van der Waals surface area contributed by atoms with E-state index in [1.54, 1.807) is 6.07 Å². The minimum Gasteiger partial charge on any atom is -0.493 e. The molecule has 1 aromatic heterocycles. The van der Waals surface area contributed by atoms with Crippen LogP contribution in [0.4, 0.5) is 5.69 Å². The zero-order chi connectivity index (χ0) is 23.9. The smallest absolute Gasteiger partial charge is 0.341 e. The molecular weight excluding hydrogens is 458 g/mol. The number of H-pyrrole nitrogens is 1. The molecule has 0 aliphatic heterocycles. The second-order valence-corrected chi connectivity index (χ2v) is 7.92. The highest BCUT2D eigenvalue weighted by Gasteiger charge is 2.16. The van der Waals surface area contributed by atoms with Crippen LogP contribution in [0.3, 0.4) is 0 Å². The zero-order valence-electron chi connectivity index (χ0n) is 17.9. The molecule has 1 heterocycles. The van der Waals surface area contributed by atoms with E-state index in [0.29, 0.717) is 17.1 Å². The Hall–Kier alpha value is -4.38. The van der Waals surface area contributed by atoms with Gasteiger partial charge < -0.3 is 19.9 Å². The number of tetrazole rings is 1. The van der Waals surface area contributed by atoms with Crippen molar-refractivity contribution in [3.8, 4) is 22.9 Å². The molecule has 0 saturated carbocycles. The van der Waals surface area contributed by atoms with Crippen molar-refractivity contribution in [2.24, 2.45) is 0 Å².